The van der Waals surface area contributed by atoms with Gasteiger partial charge in [-0.3, -0.25) is 0 Å². The van der Waals surface area contributed by atoms with Crippen LogP contribution in [-0.2, 0) is 0 Å². The first-order valence-corrected chi connectivity index (χ1v) is 8.75. The maximum absolute atomic E-state index is 5.53. The molecule has 0 aliphatic heterocycles. The van der Waals surface area contributed by atoms with Crippen molar-refractivity contribution in [3.05, 3.63) is 30.2 Å². The maximum atomic E-state index is 5.53. The second-order valence-electron chi connectivity index (χ2n) is 5.39. The van der Waals surface area contributed by atoms with Gasteiger partial charge in [-0.05, 0) is 49.9 Å². The standard InChI is InChI=1S/C16H21N3OS/c1-3-17-14-6-4-5-13(14)16-18-15(19-20-16)11-7-9-12(21-2)10-8-11/h7-10,13-14,17H,3-6H2,1-2H3. The third-order valence-electron chi connectivity index (χ3n) is 4.09. The lowest BCUT2D eigenvalue weighted by Crippen LogP contribution is -2.31. The largest absolute Gasteiger partial charge is 0.339 e. The predicted molar refractivity (Wildman–Crippen MR) is 85.6 cm³/mol. The predicted octanol–water partition coefficient (Wildman–Crippen LogP) is 3.70. The molecule has 112 valence electrons. The molecule has 0 spiro atoms. The maximum Gasteiger partial charge on any atom is 0.231 e. The Hall–Kier alpha value is -1.33. The summed E-state index contributed by atoms with van der Waals surface area (Å²) in [6.45, 7) is 3.13. The molecule has 1 saturated carbocycles. The Morgan fingerprint density at radius 2 is 2.10 bits per heavy atom. The highest BCUT2D eigenvalue weighted by Crippen LogP contribution is 2.34. The van der Waals surface area contributed by atoms with Crippen molar-refractivity contribution in [2.75, 3.05) is 12.8 Å². The monoisotopic (exact) mass is 303 g/mol. The van der Waals surface area contributed by atoms with Crippen LogP contribution in [0, 0.1) is 0 Å². The van der Waals surface area contributed by atoms with Crippen molar-refractivity contribution in [3.8, 4) is 11.4 Å². The number of hydrogen-bond acceptors (Lipinski definition) is 5. The molecule has 3 rings (SSSR count). The number of rotatable bonds is 5. The highest BCUT2D eigenvalue weighted by atomic mass is 32.2. The van der Waals surface area contributed by atoms with E-state index in [1.807, 2.05) is 0 Å². The molecule has 4 nitrogen and oxygen atoms in total. The number of thioether (sulfide) groups is 1. The summed E-state index contributed by atoms with van der Waals surface area (Å²) in [5.41, 5.74) is 1.01. The quantitative estimate of drug-likeness (QED) is 0.853. The summed E-state index contributed by atoms with van der Waals surface area (Å²) in [4.78, 5) is 5.87. The van der Waals surface area contributed by atoms with Gasteiger partial charge in [0.2, 0.25) is 11.7 Å². The molecule has 2 unspecified atom stereocenters. The van der Waals surface area contributed by atoms with Crippen LogP contribution in [0.4, 0.5) is 0 Å². The van der Waals surface area contributed by atoms with Gasteiger partial charge in [-0.1, -0.05) is 18.5 Å². The Morgan fingerprint density at radius 3 is 2.81 bits per heavy atom. The molecular formula is C16H21N3OS. The minimum atomic E-state index is 0.358. The summed E-state index contributed by atoms with van der Waals surface area (Å²) in [6.07, 6.45) is 5.62. The molecule has 1 aromatic heterocycles. The number of nitrogens with one attached hydrogen (secondary N) is 1. The average molecular weight is 303 g/mol. The first-order chi connectivity index (χ1) is 10.3. The van der Waals surface area contributed by atoms with Crippen LogP contribution in [0.1, 0.15) is 38.0 Å². The van der Waals surface area contributed by atoms with Crippen LogP contribution in [0.3, 0.4) is 0 Å². The zero-order valence-corrected chi connectivity index (χ0v) is 13.3. The van der Waals surface area contributed by atoms with Gasteiger partial charge in [0.1, 0.15) is 0 Å². The van der Waals surface area contributed by atoms with Crippen LogP contribution in [0.5, 0.6) is 0 Å². The molecule has 21 heavy (non-hydrogen) atoms. The van der Waals surface area contributed by atoms with Gasteiger partial charge in [0.05, 0.1) is 5.92 Å². The van der Waals surface area contributed by atoms with Gasteiger partial charge in [-0.2, -0.15) is 4.98 Å². The van der Waals surface area contributed by atoms with Gasteiger partial charge < -0.3 is 9.84 Å². The Kier molecular flexibility index (Phi) is 4.60. The second-order valence-corrected chi connectivity index (χ2v) is 6.27. The van der Waals surface area contributed by atoms with E-state index < -0.39 is 0 Å². The summed E-state index contributed by atoms with van der Waals surface area (Å²) < 4.78 is 5.53. The third kappa shape index (κ3) is 3.14. The summed E-state index contributed by atoms with van der Waals surface area (Å²) in [6, 6.07) is 8.76. The van der Waals surface area contributed by atoms with Crippen molar-refractivity contribution in [1.29, 1.82) is 0 Å². The average Bonchev–Trinajstić information content (AvgIpc) is 3.16. The number of aromatic nitrogens is 2. The van der Waals surface area contributed by atoms with Crippen LogP contribution in [0.15, 0.2) is 33.7 Å². The molecule has 1 aliphatic carbocycles. The summed E-state index contributed by atoms with van der Waals surface area (Å²) in [5, 5.41) is 7.69. The molecule has 0 amide bonds. The molecule has 2 atom stereocenters. The number of likely N-dealkylation sites (N-methyl/N-ethyl adjacent to an activating group) is 1. The van der Waals surface area contributed by atoms with E-state index in [0.29, 0.717) is 17.8 Å². The van der Waals surface area contributed by atoms with Crippen molar-refractivity contribution in [3.63, 3.8) is 0 Å². The number of benzene rings is 1. The van der Waals surface area contributed by atoms with E-state index in [2.05, 4.69) is 52.9 Å². The molecule has 0 radical (unpaired) electrons. The minimum Gasteiger partial charge on any atom is -0.339 e. The Morgan fingerprint density at radius 1 is 1.29 bits per heavy atom. The Labute approximate surface area is 129 Å². The van der Waals surface area contributed by atoms with E-state index in [-0.39, 0.29) is 0 Å². The van der Waals surface area contributed by atoms with Crippen molar-refractivity contribution in [1.82, 2.24) is 15.5 Å². The van der Waals surface area contributed by atoms with E-state index in [9.17, 15) is 0 Å². The molecule has 0 saturated heterocycles. The van der Waals surface area contributed by atoms with Gasteiger partial charge in [-0.25, -0.2) is 0 Å². The van der Waals surface area contributed by atoms with E-state index in [1.165, 1.54) is 17.7 Å². The normalized spacial score (nSPS) is 21.8. The van der Waals surface area contributed by atoms with Crippen LogP contribution < -0.4 is 5.32 Å². The van der Waals surface area contributed by atoms with E-state index in [0.717, 1.165) is 24.4 Å². The molecule has 1 N–H and O–H groups in total. The van der Waals surface area contributed by atoms with E-state index >= 15 is 0 Å². The highest BCUT2D eigenvalue weighted by Gasteiger charge is 2.32. The summed E-state index contributed by atoms with van der Waals surface area (Å²) in [7, 11) is 0. The molecule has 1 aromatic carbocycles. The Bertz CT molecular complexity index is 581. The summed E-state index contributed by atoms with van der Waals surface area (Å²) >= 11 is 1.73. The minimum absolute atomic E-state index is 0.358. The first kappa shape index (κ1) is 14.6. The number of nitrogens with zero attached hydrogens (tertiary/aromatic N) is 2. The van der Waals surface area contributed by atoms with Gasteiger partial charge >= 0.3 is 0 Å². The summed E-state index contributed by atoms with van der Waals surface area (Å²) in [5.74, 6) is 1.83. The van der Waals surface area contributed by atoms with Gasteiger partial charge in [0.15, 0.2) is 0 Å². The number of hydrogen-bond donors (Lipinski definition) is 1. The van der Waals surface area contributed by atoms with Gasteiger partial charge in [-0.15, -0.1) is 11.8 Å². The zero-order chi connectivity index (χ0) is 14.7. The third-order valence-corrected chi connectivity index (χ3v) is 4.83. The van der Waals surface area contributed by atoms with E-state index in [1.54, 1.807) is 11.8 Å². The van der Waals surface area contributed by atoms with Crippen molar-refractivity contribution < 1.29 is 4.52 Å². The SMILES string of the molecule is CCNC1CCCC1c1nc(-c2ccc(SC)cc2)no1. The van der Waals surface area contributed by atoms with Crippen LogP contribution in [0.2, 0.25) is 0 Å². The fourth-order valence-electron chi connectivity index (χ4n) is 3.01. The van der Waals surface area contributed by atoms with Gasteiger partial charge in [0.25, 0.3) is 0 Å². The van der Waals surface area contributed by atoms with Crippen LogP contribution in [-0.4, -0.2) is 29.0 Å². The molecule has 5 heteroatoms. The lowest BCUT2D eigenvalue weighted by atomic mass is 10.0. The molecule has 0 bridgehead atoms. The topological polar surface area (TPSA) is 51.0 Å². The molecule has 2 aromatic rings. The smallest absolute Gasteiger partial charge is 0.231 e. The molecular weight excluding hydrogens is 282 g/mol. The fraction of sp³-hybridized carbons (Fsp3) is 0.500. The van der Waals surface area contributed by atoms with Crippen LogP contribution in [0.25, 0.3) is 11.4 Å². The zero-order valence-electron chi connectivity index (χ0n) is 12.5. The van der Waals surface area contributed by atoms with Gasteiger partial charge in [0, 0.05) is 16.5 Å². The Balaban J connectivity index is 1.79. The van der Waals surface area contributed by atoms with Crippen LogP contribution >= 0.6 is 11.8 Å². The van der Waals surface area contributed by atoms with Crippen molar-refractivity contribution >= 4 is 11.8 Å². The molecule has 1 fully saturated rings. The molecule has 1 heterocycles. The molecule has 1 aliphatic rings. The second kappa shape index (κ2) is 6.62. The van der Waals surface area contributed by atoms with Crippen molar-refractivity contribution in [2.45, 2.75) is 43.0 Å². The van der Waals surface area contributed by atoms with Crippen molar-refractivity contribution in [2.24, 2.45) is 0 Å². The first-order valence-electron chi connectivity index (χ1n) is 7.53. The highest BCUT2D eigenvalue weighted by molar-refractivity contribution is 7.98. The fourth-order valence-corrected chi connectivity index (χ4v) is 3.41. The lowest BCUT2D eigenvalue weighted by Gasteiger charge is -2.16. The van der Waals surface area contributed by atoms with E-state index in [4.69, 9.17) is 4.52 Å². The lowest BCUT2D eigenvalue weighted by molar-refractivity contribution is 0.332.